The maximum absolute atomic E-state index is 11.0. The molecule has 0 fully saturated rings. The van der Waals surface area contributed by atoms with Gasteiger partial charge in [-0.1, -0.05) is 13.8 Å². The molecule has 4 nitrogen and oxygen atoms in total. The van der Waals surface area contributed by atoms with Crippen LogP contribution < -0.4 is 5.73 Å². The molecule has 0 amide bonds. The van der Waals surface area contributed by atoms with E-state index in [1.807, 2.05) is 6.92 Å². The molecule has 0 radical (unpaired) electrons. The molecule has 0 rings (SSSR count). The van der Waals surface area contributed by atoms with Crippen LogP contribution in [0.25, 0.3) is 0 Å². The molecule has 0 aliphatic rings. The molecule has 0 aliphatic carbocycles. The summed E-state index contributed by atoms with van der Waals surface area (Å²) in [6.45, 7) is 3.49. The highest BCUT2D eigenvalue weighted by atomic mass is 16.4. The molecule has 1 unspecified atom stereocenters. The second kappa shape index (κ2) is 4.08. The summed E-state index contributed by atoms with van der Waals surface area (Å²) in [7, 11) is 0. The van der Waals surface area contributed by atoms with E-state index >= 15 is 0 Å². The van der Waals surface area contributed by atoms with E-state index in [-0.39, 0.29) is 5.92 Å². The highest BCUT2D eigenvalue weighted by molar-refractivity contribution is 6.02. The maximum Gasteiger partial charge on any atom is 0.328 e. The van der Waals surface area contributed by atoms with Crippen LogP contribution in [0.15, 0.2) is 0 Å². The fraction of sp³-hybridized carbons (Fsp3) is 0.714. The van der Waals surface area contributed by atoms with Crippen LogP contribution in [0, 0.1) is 5.92 Å². The molecule has 0 saturated carbocycles. The normalized spacial score (nSPS) is 15.5. The topological polar surface area (TPSA) is 80.4 Å². The van der Waals surface area contributed by atoms with Gasteiger partial charge in [-0.3, -0.25) is 9.59 Å². The molecule has 0 bridgehead atoms. The number of Topliss-reactive ketones (excluding diaryl/α,β-unsaturated/α-hetero) is 1. The molecule has 0 spiro atoms. The molecule has 0 saturated heterocycles. The van der Waals surface area contributed by atoms with Gasteiger partial charge in [-0.2, -0.15) is 0 Å². The average Bonchev–Trinajstić information content (AvgIpc) is 2.00. The monoisotopic (exact) mass is 159 g/mol. The summed E-state index contributed by atoms with van der Waals surface area (Å²) in [5.41, 5.74) is 5.09. The van der Waals surface area contributed by atoms with Crippen molar-refractivity contribution in [2.45, 2.75) is 26.3 Å². The predicted octanol–water partition coefficient (Wildman–Crippen LogP) is 0.0135. The van der Waals surface area contributed by atoms with Gasteiger partial charge in [-0.15, -0.1) is 0 Å². The minimum absolute atomic E-state index is 0.263. The summed E-state index contributed by atoms with van der Waals surface area (Å²) in [4.78, 5) is 21.2. The first-order chi connectivity index (χ1) is 5.00. The van der Waals surface area contributed by atoms with Crippen LogP contribution in [-0.4, -0.2) is 22.9 Å². The minimum atomic E-state index is -1.36. The number of rotatable bonds is 4. The standard InChI is InChI=1S/C7H13NO3/c1-3-4(2)6(9)5(8)7(10)11/h4-5H,3,8H2,1-2H3,(H,10,11)/t4-,5?/m0/s1. The zero-order valence-corrected chi connectivity index (χ0v) is 6.70. The Morgan fingerprint density at radius 3 is 2.27 bits per heavy atom. The molecule has 0 aromatic carbocycles. The zero-order valence-electron chi connectivity index (χ0n) is 6.70. The van der Waals surface area contributed by atoms with Crippen LogP contribution in [0.4, 0.5) is 0 Å². The molecule has 0 aromatic rings. The van der Waals surface area contributed by atoms with Crippen molar-refractivity contribution in [1.29, 1.82) is 0 Å². The Morgan fingerprint density at radius 1 is 1.55 bits per heavy atom. The Balaban J connectivity index is 4.13. The largest absolute Gasteiger partial charge is 0.480 e. The lowest BCUT2D eigenvalue weighted by Crippen LogP contribution is -2.41. The number of nitrogens with two attached hydrogens (primary N) is 1. The summed E-state index contributed by atoms with van der Waals surface area (Å²) < 4.78 is 0. The number of carboxylic acid groups (broad SMARTS) is 1. The van der Waals surface area contributed by atoms with Crippen molar-refractivity contribution < 1.29 is 14.7 Å². The van der Waals surface area contributed by atoms with Gasteiger partial charge in [0.2, 0.25) is 0 Å². The Hall–Kier alpha value is -0.900. The van der Waals surface area contributed by atoms with E-state index in [0.29, 0.717) is 6.42 Å². The average molecular weight is 159 g/mol. The first kappa shape index (κ1) is 10.1. The lowest BCUT2D eigenvalue weighted by molar-refractivity contribution is -0.143. The molecule has 2 atom stereocenters. The SMILES string of the molecule is CC[C@H](C)C(=O)C(N)C(=O)O. The summed E-state index contributed by atoms with van der Waals surface area (Å²) in [6, 6.07) is -1.36. The highest BCUT2D eigenvalue weighted by Crippen LogP contribution is 2.04. The number of hydrogen-bond donors (Lipinski definition) is 2. The van der Waals surface area contributed by atoms with Crippen LogP contribution in [0.5, 0.6) is 0 Å². The van der Waals surface area contributed by atoms with Gasteiger partial charge in [0.25, 0.3) is 0 Å². The summed E-state index contributed by atoms with van der Waals surface area (Å²) in [6.07, 6.45) is 0.625. The quantitative estimate of drug-likeness (QED) is 0.566. The first-order valence-corrected chi connectivity index (χ1v) is 3.52. The lowest BCUT2D eigenvalue weighted by atomic mass is 9.98. The Bertz CT molecular complexity index is 167. The van der Waals surface area contributed by atoms with Gasteiger partial charge in [0.15, 0.2) is 11.8 Å². The molecule has 4 heteroatoms. The second-order valence-electron chi connectivity index (χ2n) is 2.53. The smallest absolute Gasteiger partial charge is 0.328 e. The lowest BCUT2D eigenvalue weighted by Gasteiger charge is -2.09. The van der Waals surface area contributed by atoms with E-state index in [4.69, 9.17) is 10.8 Å². The van der Waals surface area contributed by atoms with E-state index in [1.54, 1.807) is 6.92 Å². The number of carbonyl (C=O) groups is 2. The fourth-order valence-corrected chi connectivity index (χ4v) is 0.629. The molecule has 11 heavy (non-hydrogen) atoms. The highest BCUT2D eigenvalue weighted by Gasteiger charge is 2.24. The number of hydrogen-bond acceptors (Lipinski definition) is 3. The van der Waals surface area contributed by atoms with Crippen molar-refractivity contribution in [2.75, 3.05) is 0 Å². The van der Waals surface area contributed by atoms with Crippen molar-refractivity contribution in [1.82, 2.24) is 0 Å². The number of ketones is 1. The summed E-state index contributed by atoms with van der Waals surface area (Å²) in [5.74, 6) is -1.92. The van der Waals surface area contributed by atoms with Crippen molar-refractivity contribution in [2.24, 2.45) is 11.7 Å². The van der Waals surface area contributed by atoms with Crippen LogP contribution in [0.2, 0.25) is 0 Å². The van der Waals surface area contributed by atoms with Crippen LogP contribution in [0.1, 0.15) is 20.3 Å². The summed E-state index contributed by atoms with van der Waals surface area (Å²) in [5, 5.41) is 8.35. The fourth-order valence-electron chi connectivity index (χ4n) is 0.629. The second-order valence-corrected chi connectivity index (χ2v) is 2.53. The molecule has 0 aromatic heterocycles. The number of aliphatic carboxylic acids is 1. The predicted molar refractivity (Wildman–Crippen MR) is 40.1 cm³/mol. The van der Waals surface area contributed by atoms with Gasteiger partial charge in [0.1, 0.15) is 0 Å². The number of carbonyl (C=O) groups excluding carboxylic acids is 1. The van der Waals surface area contributed by atoms with E-state index in [2.05, 4.69) is 0 Å². The third-order valence-electron chi connectivity index (χ3n) is 1.67. The van der Waals surface area contributed by atoms with Gasteiger partial charge in [0.05, 0.1) is 0 Å². The molecule has 64 valence electrons. The molecule has 0 heterocycles. The Labute approximate surface area is 65.4 Å². The minimum Gasteiger partial charge on any atom is -0.480 e. The van der Waals surface area contributed by atoms with E-state index in [0.717, 1.165) is 0 Å². The van der Waals surface area contributed by atoms with Gasteiger partial charge >= 0.3 is 5.97 Å². The van der Waals surface area contributed by atoms with E-state index < -0.39 is 17.8 Å². The molecular weight excluding hydrogens is 146 g/mol. The van der Waals surface area contributed by atoms with Crippen LogP contribution in [0.3, 0.4) is 0 Å². The van der Waals surface area contributed by atoms with Crippen molar-refractivity contribution in [3.8, 4) is 0 Å². The van der Waals surface area contributed by atoms with Crippen molar-refractivity contribution in [3.63, 3.8) is 0 Å². The van der Waals surface area contributed by atoms with E-state index in [1.165, 1.54) is 0 Å². The third-order valence-corrected chi connectivity index (χ3v) is 1.67. The summed E-state index contributed by atoms with van der Waals surface area (Å²) >= 11 is 0. The zero-order chi connectivity index (χ0) is 9.02. The maximum atomic E-state index is 11.0. The van der Waals surface area contributed by atoms with Gasteiger partial charge in [0, 0.05) is 5.92 Å². The van der Waals surface area contributed by atoms with Gasteiger partial charge < -0.3 is 10.8 Å². The Kier molecular flexibility index (Phi) is 3.74. The van der Waals surface area contributed by atoms with Crippen LogP contribution in [-0.2, 0) is 9.59 Å². The van der Waals surface area contributed by atoms with E-state index in [9.17, 15) is 9.59 Å². The van der Waals surface area contributed by atoms with Gasteiger partial charge in [-0.05, 0) is 6.42 Å². The Morgan fingerprint density at radius 2 is 2.00 bits per heavy atom. The first-order valence-electron chi connectivity index (χ1n) is 3.52. The third kappa shape index (κ3) is 2.67. The van der Waals surface area contributed by atoms with Crippen molar-refractivity contribution >= 4 is 11.8 Å². The number of carboxylic acids is 1. The molecule has 0 aliphatic heterocycles. The molecular formula is C7H13NO3. The van der Waals surface area contributed by atoms with Gasteiger partial charge in [-0.25, -0.2) is 0 Å². The van der Waals surface area contributed by atoms with Crippen molar-refractivity contribution in [3.05, 3.63) is 0 Å². The van der Waals surface area contributed by atoms with Crippen LogP contribution >= 0.6 is 0 Å². The molecule has 3 N–H and O–H groups in total.